The summed E-state index contributed by atoms with van der Waals surface area (Å²) in [5.74, 6) is 0.196. The number of piperidine rings is 1. The summed E-state index contributed by atoms with van der Waals surface area (Å²) in [5, 5.41) is 13.2. The van der Waals surface area contributed by atoms with Crippen LogP contribution in [0.2, 0.25) is 0 Å². The Labute approximate surface area is 229 Å². The van der Waals surface area contributed by atoms with Gasteiger partial charge in [0.25, 0.3) is 0 Å². The van der Waals surface area contributed by atoms with Crippen LogP contribution in [0.3, 0.4) is 0 Å². The zero-order valence-electron chi connectivity index (χ0n) is 22.6. The molecule has 1 fully saturated rings. The van der Waals surface area contributed by atoms with Crippen molar-refractivity contribution in [3.63, 3.8) is 0 Å². The van der Waals surface area contributed by atoms with E-state index in [4.69, 9.17) is 0 Å². The van der Waals surface area contributed by atoms with Crippen LogP contribution >= 0.6 is 0 Å². The maximum atomic E-state index is 13.0. The van der Waals surface area contributed by atoms with Crippen LogP contribution in [0.25, 0.3) is 0 Å². The van der Waals surface area contributed by atoms with Gasteiger partial charge in [0.05, 0.1) is 11.8 Å². The summed E-state index contributed by atoms with van der Waals surface area (Å²) in [4.78, 5) is 27.8. The Kier molecular flexibility index (Phi) is 7.94. The van der Waals surface area contributed by atoms with Crippen LogP contribution < -0.4 is 10.2 Å². The number of hydrogen-bond donors (Lipinski definition) is 2. The molecular formula is C33H35N3O3. The number of aryl methyl sites for hydroxylation is 2. The van der Waals surface area contributed by atoms with Crippen molar-refractivity contribution in [3.8, 4) is 0 Å². The summed E-state index contributed by atoms with van der Waals surface area (Å²) >= 11 is 0. The first-order valence-electron chi connectivity index (χ1n) is 13.5. The molecule has 1 saturated heterocycles. The number of aliphatic hydroxyl groups is 1. The average molecular weight is 522 g/mol. The molecule has 0 radical (unpaired) electrons. The third-order valence-electron chi connectivity index (χ3n) is 7.48. The largest absolute Gasteiger partial charge is 0.393 e. The second kappa shape index (κ2) is 11.7. The van der Waals surface area contributed by atoms with E-state index in [1.54, 1.807) is 0 Å². The van der Waals surface area contributed by atoms with Crippen LogP contribution in [0.4, 0.5) is 17.1 Å². The fourth-order valence-electron chi connectivity index (χ4n) is 5.18. The first kappa shape index (κ1) is 26.4. The van der Waals surface area contributed by atoms with Gasteiger partial charge < -0.3 is 19.9 Å². The van der Waals surface area contributed by atoms with Gasteiger partial charge in [0, 0.05) is 61.8 Å². The number of Topliss-reactive ketones (excluding diaryl/α,β-unsaturated/α-hetero) is 2. The Morgan fingerprint density at radius 2 is 1.44 bits per heavy atom. The monoisotopic (exact) mass is 521 g/mol. The number of ketones is 2. The quantitative estimate of drug-likeness (QED) is 0.269. The molecule has 6 heteroatoms. The molecule has 1 aliphatic heterocycles. The van der Waals surface area contributed by atoms with E-state index in [1.165, 1.54) is 0 Å². The second-order valence-electron chi connectivity index (χ2n) is 10.4. The molecule has 6 nitrogen and oxygen atoms in total. The zero-order chi connectivity index (χ0) is 27.4. The molecular weight excluding hydrogens is 486 g/mol. The van der Waals surface area contributed by atoms with Crippen LogP contribution in [0.15, 0.2) is 85.1 Å². The number of carbonyl (C=O) groups excluding carboxylic acids is 2. The average Bonchev–Trinajstić information content (AvgIpc) is 3.37. The number of aromatic nitrogens is 1. The van der Waals surface area contributed by atoms with Crippen molar-refractivity contribution in [2.75, 3.05) is 23.3 Å². The van der Waals surface area contributed by atoms with Crippen LogP contribution in [0.1, 0.15) is 50.4 Å². The molecule has 2 N–H and O–H groups in total. The lowest BCUT2D eigenvalue weighted by atomic mass is 9.99. The molecule has 39 heavy (non-hydrogen) atoms. The van der Waals surface area contributed by atoms with E-state index in [0.29, 0.717) is 18.5 Å². The summed E-state index contributed by atoms with van der Waals surface area (Å²) in [6.07, 6.45) is 3.96. The topological polar surface area (TPSA) is 74.6 Å². The molecule has 0 atom stereocenters. The number of anilines is 3. The summed E-state index contributed by atoms with van der Waals surface area (Å²) in [6, 6.07) is 25.5. The predicted octanol–water partition coefficient (Wildman–Crippen LogP) is 5.89. The lowest BCUT2D eigenvalue weighted by Crippen LogP contribution is -2.36. The molecule has 3 aromatic carbocycles. The van der Waals surface area contributed by atoms with Crippen molar-refractivity contribution in [2.24, 2.45) is 7.05 Å². The van der Waals surface area contributed by atoms with E-state index in [2.05, 4.69) is 10.2 Å². The summed E-state index contributed by atoms with van der Waals surface area (Å²) in [7, 11) is 1.88. The Hall–Kier alpha value is -4.16. The number of aliphatic hydroxyl groups excluding tert-OH is 1. The number of carbonyl (C=O) groups is 2. The Morgan fingerprint density at radius 3 is 1.97 bits per heavy atom. The van der Waals surface area contributed by atoms with Crippen LogP contribution in [0.5, 0.6) is 0 Å². The van der Waals surface area contributed by atoms with Crippen molar-refractivity contribution in [1.82, 2.24) is 4.57 Å². The zero-order valence-corrected chi connectivity index (χ0v) is 22.6. The number of nitrogens with one attached hydrogen (secondary N) is 1. The summed E-state index contributed by atoms with van der Waals surface area (Å²) in [6.45, 7) is 3.73. The Morgan fingerprint density at radius 1 is 0.846 bits per heavy atom. The molecule has 0 bridgehead atoms. The van der Waals surface area contributed by atoms with Crippen LogP contribution in [-0.2, 0) is 19.9 Å². The summed E-state index contributed by atoms with van der Waals surface area (Å²) in [5.41, 5.74) is 7.48. The van der Waals surface area contributed by atoms with Gasteiger partial charge in [-0.1, -0.05) is 24.3 Å². The SMILES string of the molecule is Cc1cc(C(=O)Cc2ccc(Nc3ccc(CC(=O)c4cccn4C)cc3)cc2)ccc1N1CCC(O)CC1. The fraction of sp³-hybridized carbons (Fsp3) is 0.273. The number of benzene rings is 3. The third-order valence-corrected chi connectivity index (χ3v) is 7.48. The first-order valence-corrected chi connectivity index (χ1v) is 13.5. The van der Waals surface area contributed by atoms with Gasteiger partial charge >= 0.3 is 0 Å². The molecule has 1 aliphatic rings. The minimum Gasteiger partial charge on any atom is -0.393 e. The molecule has 200 valence electrons. The molecule has 0 spiro atoms. The highest BCUT2D eigenvalue weighted by Crippen LogP contribution is 2.26. The van der Waals surface area contributed by atoms with E-state index in [-0.39, 0.29) is 17.7 Å². The Bertz CT molecular complexity index is 1450. The number of nitrogens with zero attached hydrogens (tertiary/aromatic N) is 2. The van der Waals surface area contributed by atoms with Gasteiger partial charge in [0.15, 0.2) is 11.6 Å². The lowest BCUT2D eigenvalue weighted by Gasteiger charge is -2.32. The lowest BCUT2D eigenvalue weighted by molar-refractivity contribution is 0.0980. The van der Waals surface area contributed by atoms with Gasteiger partial charge in [-0.2, -0.15) is 0 Å². The molecule has 4 aromatic rings. The minimum atomic E-state index is -0.202. The van der Waals surface area contributed by atoms with Gasteiger partial charge in [-0.3, -0.25) is 9.59 Å². The molecule has 2 heterocycles. The van der Waals surface area contributed by atoms with Gasteiger partial charge in [0.2, 0.25) is 0 Å². The van der Waals surface area contributed by atoms with Crippen molar-refractivity contribution < 1.29 is 14.7 Å². The maximum Gasteiger partial charge on any atom is 0.183 e. The van der Waals surface area contributed by atoms with E-state index in [1.807, 2.05) is 104 Å². The molecule has 0 aliphatic carbocycles. The number of rotatable bonds is 9. The minimum absolute atomic E-state index is 0.0971. The molecule has 0 unspecified atom stereocenters. The van der Waals surface area contributed by atoms with Crippen LogP contribution in [0, 0.1) is 6.92 Å². The van der Waals surface area contributed by atoms with Gasteiger partial charge in [-0.05, 0) is 91.1 Å². The predicted molar refractivity (Wildman–Crippen MR) is 156 cm³/mol. The first-order chi connectivity index (χ1) is 18.9. The van der Waals surface area contributed by atoms with E-state index < -0.39 is 0 Å². The van der Waals surface area contributed by atoms with Crippen molar-refractivity contribution in [2.45, 2.75) is 38.7 Å². The smallest absolute Gasteiger partial charge is 0.183 e. The normalized spacial score (nSPS) is 13.9. The molecule has 0 amide bonds. The van der Waals surface area contributed by atoms with E-state index in [9.17, 15) is 14.7 Å². The van der Waals surface area contributed by atoms with E-state index in [0.717, 1.165) is 65.2 Å². The van der Waals surface area contributed by atoms with Crippen molar-refractivity contribution >= 4 is 28.6 Å². The Balaban J connectivity index is 1.15. The highest BCUT2D eigenvalue weighted by molar-refractivity contribution is 5.98. The fourth-order valence-corrected chi connectivity index (χ4v) is 5.18. The van der Waals surface area contributed by atoms with E-state index >= 15 is 0 Å². The molecule has 0 saturated carbocycles. The third kappa shape index (κ3) is 6.47. The standard InChI is InChI=1S/C33H35N3O3/c1-23-20-26(9-14-30(23)36-18-15-29(37)16-19-36)32(38)21-24-5-10-27(11-6-24)34-28-12-7-25(8-13-28)22-33(39)31-4-3-17-35(31)2/h3-14,17,20,29,34,37H,15-16,18-19,21-22H2,1-2H3. The number of hydrogen-bond acceptors (Lipinski definition) is 5. The van der Waals surface area contributed by atoms with Crippen LogP contribution in [-0.4, -0.2) is 40.4 Å². The molecule has 5 rings (SSSR count). The van der Waals surface area contributed by atoms with Crippen molar-refractivity contribution in [3.05, 3.63) is 113 Å². The summed E-state index contributed by atoms with van der Waals surface area (Å²) < 4.78 is 1.84. The van der Waals surface area contributed by atoms with Gasteiger partial charge in [-0.15, -0.1) is 0 Å². The second-order valence-corrected chi connectivity index (χ2v) is 10.4. The maximum absolute atomic E-state index is 13.0. The molecule has 1 aromatic heterocycles. The highest BCUT2D eigenvalue weighted by Gasteiger charge is 2.19. The van der Waals surface area contributed by atoms with Crippen molar-refractivity contribution in [1.29, 1.82) is 0 Å². The van der Waals surface area contributed by atoms with Gasteiger partial charge in [0.1, 0.15) is 0 Å². The van der Waals surface area contributed by atoms with Gasteiger partial charge in [-0.25, -0.2) is 0 Å². The highest BCUT2D eigenvalue weighted by atomic mass is 16.3.